The second kappa shape index (κ2) is 5.84. The van der Waals surface area contributed by atoms with Crippen molar-refractivity contribution in [2.45, 2.75) is 6.92 Å². The number of anilines is 1. The topological polar surface area (TPSA) is 95.9 Å². The molecule has 2 rings (SSSR count). The minimum atomic E-state index is -1.04. The minimum absolute atomic E-state index is 0.0530. The molecule has 110 valence electrons. The van der Waals surface area contributed by atoms with Crippen LogP contribution in [0.5, 0.6) is 11.5 Å². The molecule has 0 fully saturated rings. The van der Waals surface area contributed by atoms with Crippen LogP contribution in [0.1, 0.15) is 25.6 Å². The summed E-state index contributed by atoms with van der Waals surface area (Å²) in [6, 6.07) is 6.13. The van der Waals surface area contributed by atoms with Gasteiger partial charge < -0.3 is 20.3 Å². The highest BCUT2D eigenvalue weighted by molar-refractivity contribution is 7.18. The Morgan fingerprint density at radius 2 is 2.05 bits per heavy atom. The van der Waals surface area contributed by atoms with Crippen molar-refractivity contribution in [2.75, 3.05) is 12.4 Å². The number of carboxylic acid groups (broad SMARTS) is 1. The van der Waals surface area contributed by atoms with Gasteiger partial charge in [0.1, 0.15) is 4.88 Å². The average molecular weight is 307 g/mol. The van der Waals surface area contributed by atoms with E-state index in [-0.39, 0.29) is 21.9 Å². The quantitative estimate of drug-likeness (QED) is 0.807. The maximum Gasteiger partial charge on any atom is 0.346 e. The van der Waals surface area contributed by atoms with Gasteiger partial charge in [-0.25, -0.2) is 4.79 Å². The number of amides is 1. The molecule has 0 spiro atoms. The van der Waals surface area contributed by atoms with E-state index in [2.05, 4.69) is 5.32 Å². The summed E-state index contributed by atoms with van der Waals surface area (Å²) < 4.78 is 4.94. The number of nitrogens with one attached hydrogen (secondary N) is 1. The van der Waals surface area contributed by atoms with Crippen molar-refractivity contribution in [3.8, 4) is 11.5 Å². The molecular weight excluding hydrogens is 294 g/mol. The Hall–Kier alpha value is -2.54. The molecule has 0 saturated heterocycles. The van der Waals surface area contributed by atoms with Gasteiger partial charge in [0, 0.05) is 0 Å². The van der Waals surface area contributed by atoms with Crippen LogP contribution in [0, 0.1) is 6.92 Å². The second-order valence-corrected chi connectivity index (χ2v) is 5.29. The molecule has 1 heterocycles. The molecule has 1 amide bonds. The number of hydrogen-bond acceptors (Lipinski definition) is 5. The molecule has 0 aliphatic rings. The van der Waals surface area contributed by atoms with Crippen LogP contribution < -0.4 is 10.1 Å². The van der Waals surface area contributed by atoms with Crippen LogP contribution in [0.15, 0.2) is 24.3 Å². The first-order valence-corrected chi connectivity index (χ1v) is 6.76. The smallest absolute Gasteiger partial charge is 0.346 e. The van der Waals surface area contributed by atoms with Gasteiger partial charge in [0.2, 0.25) is 0 Å². The normalized spacial score (nSPS) is 10.2. The van der Waals surface area contributed by atoms with Gasteiger partial charge in [0.05, 0.1) is 17.7 Å². The van der Waals surface area contributed by atoms with Gasteiger partial charge in [-0.05, 0) is 30.7 Å². The average Bonchev–Trinajstić information content (AvgIpc) is 2.79. The van der Waals surface area contributed by atoms with Gasteiger partial charge in [0.25, 0.3) is 5.91 Å². The van der Waals surface area contributed by atoms with Crippen LogP contribution >= 0.6 is 11.3 Å². The maximum absolute atomic E-state index is 12.1. The number of benzene rings is 1. The fraction of sp³-hybridized carbons (Fsp3) is 0.143. The zero-order valence-corrected chi connectivity index (χ0v) is 12.2. The van der Waals surface area contributed by atoms with Crippen LogP contribution in [0.4, 0.5) is 5.00 Å². The fourth-order valence-corrected chi connectivity index (χ4v) is 2.71. The lowest BCUT2D eigenvalue weighted by molar-refractivity contribution is 0.0701. The third-order valence-electron chi connectivity index (χ3n) is 2.81. The number of hydrogen-bond donors (Lipinski definition) is 3. The molecule has 0 radical (unpaired) electrons. The molecule has 0 bridgehead atoms. The van der Waals surface area contributed by atoms with Crippen LogP contribution in [0.2, 0.25) is 0 Å². The molecule has 0 aliphatic heterocycles. The number of ether oxygens (including phenoxy) is 1. The number of rotatable bonds is 4. The number of phenolic OH excluding ortho intramolecular Hbond substituents is 1. The standard InChI is InChI=1S/C14H13NO5S/c1-7-6-10(21-12(7)14(18)19)15-13(17)8-4-3-5-9(20-2)11(8)16/h3-6,16H,1-2H3,(H,15,17)(H,18,19). The largest absolute Gasteiger partial charge is 0.504 e. The third-order valence-corrected chi connectivity index (χ3v) is 3.95. The van der Waals surface area contributed by atoms with E-state index in [9.17, 15) is 14.7 Å². The molecule has 21 heavy (non-hydrogen) atoms. The monoisotopic (exact) mass is 307 g/mol. The highest BCUT2D eigenvalue weighted by Crippen LogP contribution is 2.31. The maximum atomic E-state index is 12.1. The van der Waals surface area contributed by atoms with Crippen molar-refractivity contribution in [1.29, 1.82) is 0 Å². The number of methoxy groups -OCH3 is 1. The lowest BCUT2D eigenvalue weighted by atomic mass is 10.1. The zero-order chi connectivity index (χ0) is 15.6. The van der Waals surface area contributed by atoms with Gasteiger partial charge in [-0.2, -0.15) is 0 Å². The SMILES string of the molecule is COc1cccc(C(=O)Nc2cc(C)c(C(=O)O)s2)c1O. The van der Waals surface area contributed by atoms with Crippen LogP contribution in [-0.4, -0.2) is 29.2 Å². The van der Waals surface area contributed by atoms with Crippen LogP contribution in [0.3, 0.4) is 0 Å². The Morgan fingerprint density at radius 3 is 2.62 bits per heavy atom. The van der Waals surface area contributed by atoms with E-state index < -0.39 is 11.9 Å². The Labute approximate surface area is 124 Å². The number of thiophene rings is 1. The second-order valence-electron chi connectivity index (χ2n) is 4.24. The molecule has 7 heteroatoms. The molecule has 0 aliphatic carbocycles. The Morgan fingerprint density at radius 1 is 1.33 bits per heavy atom. The van der Waals surface area contributed by atoms with E-state index in [1.807, 2.05) is 0 Å². The Balaban J connectivity index is 2.26. The number of carboxylic acids is 1. The van der Waals surface area contributed by atoms with Crippen molar-refractivity contribution in [1.82, 2.24) is 0 Å². The number of para-hydroxylation sites is 1. The predicted molar refractivity (Wildman–Crippen MR) is 78.6 cm³/mol. The summed E-state index contributed by atoms with van der Waals surface area (Å²) in [6.07, 6.45) is 0. The molecular formula is C14H13NO5S. The summed E-state index contributed by atoms with van der Waals surface area (Å²) in [7, 11) is 1.39. The number of aryl methyl sites for hydroxylation is 1. The first-order chi connectivity index (χ1) is 9.93. The summed E-state index contributed by atoms with van der Waals surface area (Å²) in [5, 5.41) is 21.9. The number of aromatic carboxylic acids is 1. The first kappa shape index (κ1) is 14.9. The number of carbonyl (C=O) groups is 2. The van der Waals surface area contributed by atoms with Crippen LogP contribution in [-0.2, 0) is 0 Å². The van der Waals surface area contributed by atoms with E-state index >= 15 is 0 Å². The van der Waals surface area contributed by atoms with E-state index in [0.29, 0.717) is 10.6 Å². The first-order valence-electron chi connectivity index (χ1n) is 5.95. The summed E-state index contributed by atoms with van der Waals surface area (Å²) in [4.78, 5) is 23.3. The van der Waals surface area contributed by atoms with Crippen molar-refractivity contribution >= 4 is 28.2 Å². The highest BCUT2D eigenvalue weighted by atomic mass is 32.1. The van der Waals surface area contributed by atoms with Gasteiger partial charge in [-0.3, -0.25) is 4.79 Å². The lowest BCUT2D eigenvalue weighted by Crippen LogP contribution is -2.11. The summed E-state index contributed by atoms with van der Waals surface area (Å²) in [5.41, 5.74) is 0.620. The lowest BCUT2D eigenvalue weighted by Gasteiger charge is -2.08. The van der Waals surface area contributed by atoms with Gasteiger partial charge in [-0.15, -0.1) is 11.3 Å². The summed E-state index contributed by atoms with van der Waals surface area (Å²) in [5.74, 6) is -1.65. The van der Waals surface area contributed by atoms with Crippen molar-refractivity contribution in [3.05, 3.63) is 40.3 Å². The Bertz CT molecular complexity index is 707. The number of carbonyl (C=O) groups excluding carboxylic acids is 1. The van der Waals surface area contributed by atoms with E-state index in [1.54, 1.807) is 19.1 Å². The van der Waals surface area contributed by atoms with Crippen molar-refractivity contribution in [3.63, 3.8) is 0 Å². The van der Waals surface area contributed by atoms with Crippen molar-refractivity contribution < 1.29 is 24.5 Å². The number of aromatic hydroxyl groups is 1. The molecule has 0 atom stereocenters. The van der Waals surface area contributed by atoms with Gasteiger partial charge in [0.15, 0.2) is 11.5 Å². The Kier molecular flexibility index (Phi) is 4.13. The zero-order valence-electron chi connectivity index (χ0n) is 11.3. The van der Waals surface area contributed by atoms with Crippen LogP contribution in [0.25, 0.3) is 0 Å². The molecule has 6 nitrogen and oxygen atoms in total. The van der Waals surface area contributed by atoms with Gasteiger partial charge >= 0.3 is 5.97 Å². The molecule has 2 aromatic rings. The fourth-order valence-electron chi connectivity index (χ4n) is 1.81. The minimum Gasteiger partial charge on any atom is -0.504 e. The third kappa shape index (κ3) is 2.97. The highest BCUT2D eigenvalue weighted by Gasteiger charge is 2.18. The molecule has 1 aromatic carbocycles. The molecule has 1 aromatic heterocycles. The predicted octanol–water partition coefficient (Wildman–Crippen LogP) is 2.72. The summed E-state index contributed by atoms with van der Waals surface area (Å²) in [6.45, 7) is 1.65. The van der Waals surface area contributed by atoms with Crippen molar-refractivity contribution in [2.24, 2.45) is 0 Å². The molecule has 3 N–H and O–H groups in total. The van der Waals surface area contributed by atoms with E-state index in [1.165, 1.54) is 19.2 Å². The number of phenols is 1. The van der Waals surface area contributed by atoms with E-state index in [0.717, 1.165) is 11.3 Å². The summed E-state index contributed by atoms with van der Waals surface area (Å²) >= 11 is 0.962. The molecule has 0 saturated carbocycles. The molecule has 0 unspecified atom stereocenters. The van der Waals surface area contributed by atoms with Gasteiger partial charge in [-0.1, -0.05) is 6.07 Å². The van der Waals surface area contributed by atoms with E-state index in [4.69, 9.17) is 9.84 Å².